The second-order valence-electron chi connectivity index (χ2n) is 4.77. The third-order valence-corrected chi connectivity index (χ3v) is 3.88. The zero-order valence-electron chi connectivity index (χ0n) is 11.0. The molecule has 1 aliphatic rings. The maximum Gasteiger partial charge on any atom is 0.252 e. The molecule has 19 heavy (non-hydrogen) atoms. The van der Waals surface area contributed by atoms with E-state index in [1.165, 1.54) is 12.8 Å². The van der Waals surface area contributed by atoms with Crippen molar-refractivity contribution < 1.29 is 4.79 Å². The smallest absolute Gasteiger partial charge is 0.252 e. The second kappa shape index (κ2) is 7.73. The molecular weight excluding hydrogens is 283 g/mol. The van der Waals surface area contributed by atoms with E-state index in [0.29, 0.717) is 23.2 Å². The predicted molar refractivity (Wildman–Crippen MR) is 81.4 cm³/mol. The number of hydrogen-bond acceptors (Lipinski definition) is 2. The van der Waals surface area contributed by atoms with Crippen molar-refractivity contribution in [3.63, 3.8) is 0 Å². The summed E-state index contributed by atoms with van der Waals surface area (Å²) in [6, 6.07) is 6.08. The highest BCUT2D eigenvalue weighted by Gasteiger charge is 2.15. The van der Waals surface area contributed by atoms with Crippen LogP contribution in [0, 0.1) is 6.92 Å². The number of halogens is 2. The van der Waals surface area contributed by atoms with E-state index in [4.69, 9.17) is 11.6 Å². The lowest BCUT2D eigenvalue weighted by Gasteiger charge is -2.11. The molecule has 0 unspecified atom stereocenters. The van der Waals surface area contributed by atoms with E-state index < -0.39 is 0 Å². The van der Waals surface area contributed by atoms with Crippen molar-refractivity contribution in [3.8, 4) is 0 Å². The first-order valence-corrected chi connectivity index (χ1v) is 6.83. The van der Waals surface area contributed by atoms with Gasteiger partial charge in [0.15, 0.2) is 0 Å². The molecule has 0 spiro atoms. The first-order valence-electron chi connectivity index (χ1n) is 6.45. The normalized spacial score (nSPS) is 17.9. The molecule has 1 aliphatic heterocycles. The molecule has 2 rings (SSSR count). The quantitative estimate of drug-likeness (QED) is 0.898. The van der Waals surface area contributed by atoms with Gasteiger partial charge in [-0.2, -0.15) is 0 Å². The van der Waals surface area contributed by atoms with Crippen LogP contribution in [0.2, 0.25) is 5.02 Å². The summed E-state index contributed by atoms with van der Waals surface area (Å²) in [5, 5.41) is 6.89. The number of carbonyl (C=O) groups is 1. The van der Waals surface area contributed by atoms with E-state index in [0.717, 1.165) is 18.5 Å². The average molecular weight is 303 g/mol. The monoisotopic (exact) mass is 302 g/mol. The third-order valence-electron chi connectivity index (χ3n) is 3.38. The maximum atomic E-state index is 12.0. The number of aryl methyl sites for hydroxylation is 1. The summed E-state index contributed by atoms with van der Waals surface area (Å²) in [4.78, 5) is 12.0. The van der Waals surface area contributed by atoms with E-state index in [9.17, 15) is 4.79 Å². The molecular formula is C14H20Cl2N2O. The maximum absolute atomic E-state index is 12.0. The molecule has 0 bridgehead atoms. The minimum Gasteiger partial charge on any atom is -0.352 e. The number of benzene rings is 1. The number of nitrogens with one attached hydrogen (secondary N) is 2. The highest BCUT2D eigenvalue weighted by molar-refractivity contribution is 6.34. The van der Waals surface area contributed by atoms with Crippen molar-refractivity contribution in [2.45, 2.75) is 32.2 Å². The van der Waals surface area contributed by atoms with E-state index in [1.807, 2.05) is 19.1 Å². The predicted octanol–water partition coefficient (Wildman–Crippen LogP) is 2.94. The Kier molecular flexibility index (Phi) is 6.63. The van der Waals surface area contributed by atoms with Crippen LogP contribution in [-0.4, -0.2) is 25.0 Å². The summed E-state index contributed by atoms with van der Waals surface area (Å²) in [5.74, 6) is -0.0818. The lowest BCUT2D eigenvalue weighted by atomic mass is 10.1. The third kappa shape index (κ3) is 4.37. The Balaban J connectivity index is 0.00000180. The topological polar surface area (TPSA) is 41.1 Å². The van der Waals surface area contributed by atoms with Crippen LogP contribution in [0.4, 0.5) is 0 Å². The average Bonchev–Trinajstić information content (AvgIpc) is 2.85. The van der Waals surface area contributed by atoms with Gasteiger partial charge < -0.3 is 10.6 Å². The van der Waals surface area contributed by atoms with Gasteiger partial charge in [0, 0.05) is 12.6 Å². The van der Waals surface area contributed by atoms with Crippen LogP contribution in [-0.2, 0) is 0 Å². The minimum absolute atomic E-state index is 0. The van der Waals surface area contributed by atoms with Gasteiger partial charge in [-0.25, -0.2) is 0 Å². The highest BCUT2D eigenvalue weighted by Crippen LogP contribution is 2.20. The van der Waals surface area contributed by atoms with Crippen LogP contribution in [0.5, 0.6) is 0 Å². The molecule has 2 N–H and O–H groups in total. The Morgan fingerprint density at radius 2 is 2.32 bits per heavy atom. The first-order chi connectivity index (χ1) is 8.68. The lowest BCUT2D eigenvalue weighted by Crippen LogP contribution is -2.30. The molecule has 1 saturated heterocycles. The summed E-state index contributed by atoms with van der Waals surface area (Å²) in [7, 11) is 0. The molecule has 1 aromatic carbocycles. The highest BCUT2D eigenvalue weighted by atomic mass is 35.5. The fourth-order valence-electron chi connectivity index (χ4n) is 2.28. The van der Waals surface area contributed by atoms with Crippen LogP contribution in [0.3, 0.4) is 0 Å². The van der Waals surface area contributed by atoms with Crippen molar-refractivity contribution in [2.24, 2.45) is 0 Å². The zero-order valence-corrected chi connectivity index (χ0v) is 12.6. The fourth-order valence-corrected chi connectivity index (χ4v) is 2.49. The van der Waals surface area contributed by atoms with E-state index >= 15 is 0 Å². The van der Waals surface area contributed by atoms with E-state index in [2.05, 4.69) is 10.6 Å². The Morgan fingerprint density at radius 3 is 3.00 bits per heavy atom. The first kappa shape index (κ1) is 16.3. The molecule has 0 radical (unpaired) electrons. The summed E-state index contributed by atoms with van der Waals surface area (Å²) >= 11 is 6.12. The standard InChI is InChI=1S/C14H19ClN2O.ClH/c1-10-4-2-6-12(13(10)15)14(18)17-9-7-11-5-3-8-16-11;/h2,4,6,11,16H,3,5,7-9H2,1H3,(H,17,18);1H/t11-;/m1./s1. The van der Waals surface area contributed by atoms with Gasteiger partial charge in [0.1, 0.15) is 0 Å². The molecule has 1 atom stereocenters. The Hall–Kier alpha value is -0.770. The summed E-state index contributed by atoms with van der Waals surface area (Å²) in [5.41, 5.74) is 1.50. The number of amides is 1. The van der Waals surface area contributed by atoms with Gasteiger partial charge >= 0.3 is 0 Å². The summed E-state index contributed by atoms with van der Waals surface area (Å²) in [6.45, 7) is 3.70. The number of rotatable bonds is 4. The molecule has 1 fully saturated rings. The van der Waals surface area contributed by atoms with Gasteiger partial charge in [0.25, 0.3) is 5.91 Å². The molecule has 0 aliphatic carbocycles. The zero-order chi connectivity index (χ0) is 13.0. The second-order valence-corrected chi connectivity index (χ2v) is 5.15. The van der Waals surface area contributed by atoms with Gasteiger partial charge in [-0.15, -0.1) is 12.4 Å². The van der Waals surface area contributed by atoms with Gasteiger partial charge in [-0.05, 0) is 44.4 Å². The van der Waals surface area contributed by atoms with Crippen molar-refractivity contribution in [1.82, 2.24) is 10.6 Å². The van der Waals surface area contributed by atoms with Crippen LogP contribution in [0.1, 0.15) is 35.2 Å². The van der Waals surface area contributed by atoms with Gasteiger partial charge in [-0.1, -0.05) is 23.7 Å². The summed E-state index contributed by atoms with van der Waals surface area (Å²) < 4.78 is 0. The van der Waals surface area contributed by atoms with Gasteiger partial charge in [-0.3, -0.25) is 4.79 Å². The molecule has 0 aromatic heterocycles. The van der Waals surface area contributed by atoms with Crippen molar-refractivity contribution >= 4 is 29.9 Å². The largest absolute Gasteiger partial charge is 0.352 e. The minimum atomic E-state index is -0.0818. The molecule has 3 nitrogen and oxygen atoms in total. The number of hydrogen-bond donors (Lipinski definition) is 2. The molecule has 106 valence electrons. The Labute approximate surface area is 125 Å². The van der Waals surface area contributed by atoms with Crippen LogP contribution in [0.15, 0.2) is 18.2 Å². The van der Waals surface area contributed by atoms with E-state index in [-0.39, 0.29) is 18.3 Å². The van der Waals surface area contributed by atoms with E-state index in [1.54, 1.807) is 6.07 Å². The SMILES string of the molecule is Cc1cccc(C(=O)NCC[C@H]2CCCN2)c1Cl.Cl. The molecule has 1 aromatic rings. The van der Waals surface area contributed by atoms with Crippen LogP contribution >= 0.6 is 24.0 Å². The molecule has 0 saturated carbocycles. The summed E-state index contributed by atoms with van der Waals surface area (Å²) in [6.07, 6.45) is 3.43. The molecule has 1 heterocycles. The Bertz CT molecular complexity index is 431. The van der Waals surface area contributed by atoms with Gasteiger partial charge in [0.2, 0.25) is 0 Å². The molecule has 5 heteroatoms. The van der Waals surface area contributed by atoms with Gasteiger partial charge in [0.05, 0.1) is 10.6 Å². The fraction of sp³-hybridized carbons (Fsp3) is 0.500. The Morgan fingerprint density at radius 1 is 1.53 bits per heavy atom. The molecule has 1 amide bonds. The van der Waals surface area contributed by atoms with Crippen LogP contribution < -0.4 is 10.6 Å². The van der Waals surface area contributed by atoms with Crippen molar-refractivity contribution in [1.29, 1.82) is 0 Å². The van der Waals surface area contributed by atoms with Crippen LogP contribution in [0.25, 0.3) is 0 Å². The van der Waals surface area contributed by atoms with Crippen molar-refractivity contribution in [2.75, 3.05) is 13.1 Å². The lowest BCUT2D eigenvalue weighted by molar-refractivity contribution is 0.0952. The van der Waals surface area contributed by atoms with Crippen molar-refractivity contribution in [3.05, 3.63) is 34.3 Å². The number of carbonyl (C=O) groups excluding carboxylic acids is 1.